The molecule has 0 aromatic carbocycles. The van der Waals surface area contributed by atoms with Crippen molar-refractivity contribution in [3.05, 3.63) is 0 Å². The molecule has 16 heavy (non-hydrogen) atoms. The van der Waals surface area contributed by atoms with Crippen LogP contribution >= 0.6 is 0 Å². The summed E-state index contributed by atoms with van der Waals surface area (Å²) in [5.74, 6) is 0. The first-order valence-electron chi connectivity index (χ1n) is 4.79. The standard InChI is InChI=1S/C7H15N.CHF3O3S/c1-7-5-3-4-6-8(7)2;2-1(3,4)8(5,6)7/h7H,3-6H2,1-2H3;(H,5,6,7). The number of hydrogen-bond donors (Lipinski definition) is 1. The van der Waals surface area contributed by atoms with Gasteiger partial charge >= 0.3 is 15.6 Å². The number of alkyl halides is 3. The normalized spacial score (nSPS) is 23.5. The largest absolute Gasteiger partial charge is 0.522 e. The Balaban J connectivity index is 0.000000281. The van der Waals surface area contributed by atoms with Crippen molar-refractivity contribution in [2.24, 2.45) is 0 Å². The Kier molecular flexibility index (Phi) is 5.71. The average Bonchev–Trinajstić information content (AvgIpc) is 2.08. The Hall–Kier alpha value is -0.340. The molecule has 1 rings (SSSR count). The van der Waals surface area contributed by atoms with Crippen molar-refractivity contribution >= 4 is 10.1 Å². The van der Waals surface area contributed by atoms with Crippen LogP contribution in [0.15, 0.2) is 0 Å². The van der Waals surface area contributed by atoms with Crippen molar-refractivity contribution in [1.82, 2.24) is 4.90 Å². The summed E-state index contributed by atoms with van der Waals surface area (Å²) in [5.41, 5.74) is -5.53. The summed E-state index contributed by atoms with van der Waals surface area (Å²) in [6.45, 7) is 3.61. The minimum absolute atomic E-state index is 0.837. The molecule has 98 valence electrons. The lowest BCUT2D eigenvalue weighted by Crippen LogP contribution is -2.33. The summed E-state index contributed by atoms with van der Waals surface area (Å²) >= 11 is 0. The highest BCUT2D eigenvalue weighted by atomic mass is 32.2. The summed E-state index contributed by atoms with van der Waals surface area (Å²) in [6, 6.07) is 0.837. The molecule has 0 aromatic rings. The Morgan fingerprint density at radius 3 is 1.94 bits per heavy atom. The van der Waals surface area contributed by atoms with Crippen molar-refractivity contribution in [3.8, 4) is 0 Å². The molecule has 0 amide bonds. The third-order valence-electron chi connectivity index (χ3n) is 2.43. The lowest BCUT2D eigenvalue weighted by molar-refractivity contribution is -0.0510. The van der Waals surface area contributed by atoms with Crippen molar-refractivity contribution in [2.75, 3.05) is 13.6 Å². The molecule has 1 aliphatic heterocycles. The minimum atomic E-state index is -5.84. The van der Waals surface area contributed by atoms with E-state index >= 15 is 0 Å². The molecule has 0 spiro atoms. The second-order valence-corrected chi connectivity index (χ2v) is 5.16. The average molecular weight is 263 g/mol. The smallest absolute Gasteiger partial charge is 0.304 e. The van der Waals surface area contributed by atoms with Crippen LogP contribution in [0.25, 0.3) is 0 Å². The third kappa shape index (κ3) is 5.66. The lowest BCUT2D eigenvalue weighted by Gasteiger charge is -2.29. The first-order valence-corrected chi connectivity index (χ1v) is 6.23. The van der Waals surface area contributed by atoms with E-state index in [1.54, 1.807) is 0 Å². The number of piperidine rings is 1. The first-order chi connectivity index (χ1) is 7.05. The molecule has 4 nitrogen and oxygen atoms in total. The van der Waals surface area contributed by atoms with E-state index in [2.05, 4.69) is 18.9 Å². The molecule has 1 aliphatic rings. The predicted octanol–water partition coefficient (Wildman–Crippen LogP) is 1.88. The molecule has 0 saturated carbocycles. The molecule has 1 heterocycles. The van der Waals surface area contributed by atoms with Gasteiger partial charge in [0.05, 0.1) is 0 Å². The number of halogens is 3. The van der Waals surface area contributed by atoms with Gasteiger partial charge in [0.25, 0.3) is 0 Å². The van der Waals surface area contributed by atoms with Crippen molar-refractivity contribution in [1.29, 1.82) is 0 Å². The highest BCUT2D eigenvalue weighted by Crippen LogP contribution is 2.20. The molecule has 8 heteroatoms. The molecule has 1 unspecified atom stereocenters. The van der Waals surface area contributed by atoms with Crippen LogP contribution in [0, 0.1) is 0 Å². The van der Waals surface area contributed by atoms with E-state index in [1.165, 1.54) is 25.8 Å². The fourth-order valence-corrected chi connectivity index (χ4v) is 1.24. The summed E-state index contributed by atoms with van der Waals surface area (Å²) in [4.78, 5) is 2.43. The second kappa shape index (κ2) is 5.83. The third-order valence-corrected chi connectivity index (χ3v) is 3.01. The van der Waals surface area contributed by atoms with Gasteiger partial charge in [-0.1, -0.05) is 6.42 Å². The van der Waals surface area contributed by atoms with Crippen molar-refractivity contribution in [3.63, 3.8) is 0 Å². The molecule has 0 radical (unpaired) electrons. The molecule has 1 N–H and O–H groups in total. The van der Waals surface area contributed by atoms with E-state index < -0.39 is 15.6 Å². The van der Waals surface area contributed by atoms with Gasteiger partial charge in [0.15, 0.2) is 0 Å². The van der Waals surface area contributed by atoms with E-state index in [1.807, 2.05) is 0 Å². The van der Waals surface area contributed by atoms with Crippen molar-refractivity contribution in [2.45, 2.75) is 37.7 Å². The molecular weight excluding hydrogens is 247 g/mol. The van der Waals surface area contributed by atoms with Crippen LogP contribution in [-0.2, 0) is 10.1 Å². The van der Waals surface area contributed by atoms with Crippen LogP contribution in [0.2, 0.25) is 0 Å². The number of nitrogens with zero attached hydrogens (tertiary/aromatic N) is 1. The summed E-state index contributed by atoms with van der Waals surface area (Å²) in [7, 11) is -3.63. The predicted molar refractivity (Wildman–Crippen MR) is 53.5 cm³/mol. The van der Waals surface area contributed by atoms with Gasteiger partial charge in [-0.05, 0) is 33.4 Å². The monoisotopic (exact) mass is 263 g/mol. The highest BCUT2D eigenvalue weighted by molar-refractivity contribution is 7.86. The van der Waals surface area contributed by atoms with E-state index in [0.717, 1.165) is 6.04 Å². The topological polar surface area (TPSA) is 57.6 Å². The summed E-state index contributed by atoms with van der Waals surface area (Å²) in [6.07, 6.45) is 4.24. The van der Waals surface area contributed by atoms with Gasteiger partial charge in [0.1, 0.15) is 0 Å². The molecule has 1 fully saturated rings. The van der Waals surface area contributed by atoms with E-state index in [-0.39, 0.29) is 0 Å². The molecule has 0 aliphatic carbocycles. The maximum Gasteiger partial charge on any atom is 0.522 e. The van der Waals surface area contributed by atoms with Gasteiger partial charge in [-0.25, -0.2) is 0 Å². The van der Waals surface area contributed by atoms with E-state index in [0.29, 0.717) is 0 Å². The van der Waals surface area contributed by atoms with Gasteiger partial charge in [-0.2, -0.15) is 21.6 Å². The molecule has 1 atom stereocenters. The van der Waals surface area contributed by atoms with E-state index in [9.17, 15) is 13.2 Å². The van der Waals surface area contributed by atoms with Gasteiger partial charge in [-0.3, -0.25) is 4.55 Å². The van der Waals surface area contributed by atoms with Crippen LogP contribution in [0.1, 0.15) is 26.2 Å². The fourth-order valence-electron chi connectivity index (χ4n) is 1.24. The van der Waals surface area contributed by atoms with Crippen LogP contribution in [-0.4, -0.2) is 43.0 Å². The zero-order valence-electron chi connectivity index (χ0n) is 9.16. The van der Waals surface area contributed by atoms with Gasteiger partial charge in [-0.15, -0.1) is 0 Å². The maximum absolute atomic E-state index is 10.7. The molecular formula is C8H16F3NO3S. The quantitative estimate of drug-likeness (QED) is 0.535. The first kappa shape index (κ1) is 15.7. The lowest BCUT2D eigenvalue weighted by atomic mass is 10.1. The summed E-state index contributed by atoms with van der Waals surface area (Å²) in [5, 5.41) is 0. The number of likely N-dealkylation sites (tertiary alicyclic amines) is 1. The van der Waals surface area contributed by atoms with E-state index in [4.69, 9.17) is 13.0 Å². The van der Waals surface area contributed by atoms with Crippen molar-refractivity contribution < 1.29 is 26.1 Å². The molecule has 1 saturated heterocycles. The number of hydrogen-bond acceptors (Lipinski definition) is 3. The maximum atomic E-state index is 10.7. The van der Waals surface area contributed by atoms with Crippen LogP contribution in [0.3, 0.4) is 0 Å². The van der Waals surface area contributed by atoms with Crippen LogP contribution in [0.4, 0.5) is 13.2 Å². The minimum Gasteiger partial charge on any atom is -0.304 e. The Morgan fingerprint density at radius 2 is 1.75 bits per heavy atom. The Bertz CT molecular complexity index is 292. The highest BCUT2D eigenvalue weighted by Gasteiger charge is 2.44. The fraction of sp³-hybridized carbons (Fsp3) is 1.00. The number of rotatable bonds is 0. The SMILES string of the molecule is CC1CCCCN1C.O=S(=O)(O)C(F)(F)F. The van der Waals surface area contributed by atoms with Gasteiger partial charge in [0, 0.05) is 6.04 Å². The van der Waals surface area contributed by atoms with Gasteiger partial charge < -0.3 is 4.90 Å². The van der Waals surface area contributed by atoms with Gasteiger partial charge in [0.2, 0.25) is 0 Å². The second-order valence-electron chi connectivity index (χ2n) is 3.75. The van der Waals surface area contributed by atoms with Crippen LogP contribution < -0.4 is 0 Å². The molecule has 0 bridgehead atoms. The molecule has 0 aromatic heterocycles. The zero-order valence-corrected chi connectivity index (χ0v) is 9.98. The zero-order chi connectivity index (χ0) is 13.0. The van der Waals surface area contributed by atoms with Crippen LogP contribution in [0.5, 0.6) is 0 Å². The Labute approximate surface area is 93.2 Å². The summed E-state index contributed by atoms with van der Waals surface area (Å²) < 4.78 is 57.5. The Morgan fingerprint density at radius 1 is 1.31 bits per heavy atom.